The van der Waals surface area contributed by atoms with Crippen LogP contribution in [0.1, 0.15) is 62.1 Å². The predicted molar refractivity (Wildman–Crippen MR) is 149 cm³/mol. The van der Waals surface area contributed by atoms with Crippen molar-refractivity contribution in [1.29, 1.82) is 5.26 Å². The van der Waals surface area contributed by atoms with Crippen LogP contribution in [0.15, 0.2) is 66.1 Å². The molecule has 3 aromatic heterocycles. The molecule has 1 aromatic carbocycles. The standard InChI is InChI=1S/C30H31N7O2/c1-2-17-36-28(38)24-19-32-29(33-23-13-11-22(12-14-23)21-9-7-20(18-31)8-10-21)35-27(24)37(36)26-6-3-5-25(34-26)30(39)15-4-16-30/h2-3,5-6,11-14,19-21,39H,1,4,7-10,15-17H2,(H,32,33,35). The Labute approximate surface area is 226 Å². The molecule has 39 heavy (non-hydrogen) atoms. The third-order valence-electron chi connectivity index (χ3n) is 8.13. The van der Waals surface area contributed by atoms with Crippen LogP contribution in [0.2, 0.25) is 0 Å². The first-order valence-electron chi connectivity index (χ1n) is 13.6. The number of allylic oxidation sites excluding steroid dienone is 1. The molecule has 9 heteroatoms. The molecule has 2 aliphatic rings. The number of nitrogens with zero attached hydrogens (tertiary/aromatic N) is 6. The van der Waals surface area contributed by atoms with Crippen molar-refractivity contribution < 1.29 is 5.11 Å². The van der Waals surface area contributed by atoms with Gasteiger partial charge in [0.15, 0.2) is 11.5 Å². The molecule has 0 saturated heterocycles. The summed E-state index contributed by atoms with van der Waals surface area (Å²) in [6, 6.07) is 16.1. The van der Waals surface area contributed by atoms with Gasteiger partial charge in [0.25, 0.3) is 5.56 Å². The number of fused-ring (bicyclic) bond motifs is 1. The van der Waals surface area contributed by atoms with Crippen LogP contribution in [0.4, 0.5) is 11.6 Å². The second kappa shape index (κ2) is 10.1. The van der Waals surface area contributed by atoms with Gasteiger partial charge in [-0.1, -0.05) is 24.3 Å². The summed E-state index contributed by atoms with van der Waals surface area (Å²) in [4.78, 5) is 27.1. The van der Waals surface area contributed by atoms with E-state index in [9.17, 15) is 9.90 Å². The molecule has 198 valence electrons. The quantitative estimate of drug-likeness (QED) is 0.325. The fourth-order valence-corrected chi connectivity index (χ4v) is 5.70. The van der Waals surface area contributed by atoms with Crippen molar-refractivity contribution in [3.8, 4) is 11.9 Å². The van der Waals surface area contributed by atoms with E-state index in [-0.39, 0.29) is 18.0 Å². The second-order valence-corrected chi connectivity index (χ2v) is 10.6. The van der Waals surface area contributed by atoms with E-state index in [4.69, 9.17) is 15.2 Å². The van der Waals surface area contributed by atoms with Crippen molar-refractivity contribution in [2.75, 3.05) is 5.32 Å². The van der Waals surface area contributed by atoms with Crippen LogP contribution in [0, 0.1) is 17.2 Å². The van der Waals surface area contributed by atoms with Gasteiger partial charge in [-0.05, 0) is 80.7 Å². The first-order chi connectivity index (χ1) is 19.0. The Morgan fingerprint density at radius 1 is 1.13 bits per heavy atom. The van der Waals surface area contributed by atoms with E-state index in [1.54, 1.807) is 10.8 Å². The zero-order valence-electron chi connectivity index (χ0n) is 21.8. The maximum absolute atomic E-state index is 13.3. The van der Waals surface area contributed by atoms with E-state index in [2.05, 4.69) is 35.1 Å². The number of pyridine rings is 1. The molecule has 9 nitrogen and oxygen atoms in total. The van der Waals surface area contributed by atoms with Gasteiger partial charge in [0.05, 0.1) is 18.3 Å². The van der Waals surface area contributed by atoms with E-state index < -0.39 is 5.60 Å². The van der Waals surface area contributed by atoms with E-state index in [1.165, 1.54) is 16.4 Å². The zero-order chi connectivity index (χ0) is 27.0. The second-order valence-electron chi connectivity index (χ2n) is 10.6. The molecule has 0 atom stereocenters. The number of rotatable bonds is 7. The Bertz CT molecular complexity index is 1620. The van der Waals surface area contributed by atoms with Gasteiger partial charge in [-0.2, -0.15) is 10.2 Å². The van der Waals surface area contributed by atoms with Gasteiger partial charge in [-0.3, -0.25) is 4.79 Å². The molecule has 3 heterocycles. The summed E-state index contributed by atoms with van der Waals surface area (Å²) in [6.45, 7) is 4.08. The lowest BCUT2D eigenvalue weighted by Crippen LogP contribution is -2.35. The Morgan fingerprint density at radius 2 is 1.90 bits per heavy atom. The third-order valence-corrected chi connectivity index (χ3v) is 8.13. The molecule has 0 amide bonds. The Kier molecular flexibility index (Phi) is 6.49. The summed E-state index contributed by atoms with van der Waals surface area (Å²) in [5.41, 5.74) is 1.99. The van der Waals surface area contributed by atoms with Crippen LogP contribution < -0.4 is 10.9 Å². The molecule has 6 rings (SSSR count). The first kappa shape index (κ1) is 25.0. The summed E-state index contributed by atoms with van der Waals surface area (Å²) in [5.74, 6) is 1.54. The lowest BCUT2D eigenvalue weighted by atomic mass is 9.77. The average molecular weight is 522 g/mol. The smallest absolute Gasteiger partial charge is 0.278 e. The van der Waals surface area contributed by atoms with E-state index in [1.807, 2.05) is 30.3 Å². The van der Waals surface area contributed by atoms with Crippen molar-refractivity contribution in [1.82, 2.24) is 24.3 Å². The Morgan fingerprint density at radius 3 is 2.56 bits per heavy atom. The van der Waals surface area contributed by atoms with Crippen LogP contribution >= 0.6 is 0 Å². The van der Waals surface area contributed by atoms with Gasteiger partial charge in [0.1, 0.15) is 11.0 Å². The highest BCUT2D eigenvalue weighted by Gasteiger charge is 2.38. The van der Waals surface area contributed by atoms with Crippen molar-refractivity contribution >= 4 is 22.7 Å². The van der Waals surface area contributed by atoms with Gasteiger partial charge >= 0.3 is 0 Å². The number of aliphatic hydroxyl groups is 1. The number of nitrogens with one attached hydrogen (secondary N) is 1. The number of anilines is 2. The topological polar surface area (TPSA) is 122 Å². The highest BCUT2D eigenvalue weighted by Crippen LogP contribution is 2.40. The molecule has 0 bridgehead atoms. The molecular formula is C30H31N7O2. The fraction of sp³-hybridized carbons (Fsp3) is 0.367. The van der Waals surface area contributed by atoms with Crippen molar-refractivity contribution in [3.05, 3.63) is 82.9 Å². The molecule has 2 aliphatic carbocycles. The van der Waals surface area contributed by atoms with E-state index >= 15 is 0 Å². The number of benzene rings is 1. The summed E-state index contributed by atoms with van der Waals surface area (Å²) < 4.78 is 3.21. The van der Waals surface area contributed by atoms with Crippen molar-refractivity contribution in [3.63, 3.8) is 0 Å². The maximum atomic E-state index is 13.3. The van der Waals surface area contributed by atoms with Crippen LogP contribution in [-0.2, 0) is 12.1 Å². The minimum atomic E-state index is -0.925. The fourth-order valence-electron chi connectivity index (χ4n) is 5.70. The van der Waals surface area contributed by atoms with Gasteiger partial charge < -0.3 is 10.4 Å². The molecule has 2 N–H and O–H groups in total. The average Bonchev–Trinajstić information content (AvgIpc) is 3.23. The van der Waals surface area contributed by atoms with Crippen molar-refractivity contribution in [2.24, 2.45) is 5.92 Å². The SMILES string of the molecule is C=CCn1c(=O)c2cnc(Nc3ccc(C4CCC(C#N)CC4)cc3)nc2n1-c1cccc(C2(O)CCC2)n1. The van der Waals surface area contributed by atoms with Crippen LogP contribution in [0.3, 0.4) is 0 Å². The molecule has 2 fully saturated rings. The normalized spacial score (nSPS) is 20.2. The summed E-state index contributed by atoms with van der Waals surface area (Å²) in [6.07, 6.45) is 9.49. The maximum Gasteiger partial charge on any atom is 0.278 e. The van der Waals surface area contributed by atoms with E-state index in [0.29, 0.717) is 47.3 Å². The molecule has 0 radical (unpaired) electrons. The molecule has 0 unspecified atom stereocenters. The van der Waals surface area contributed by atoms with E-state index in [0.717, 1.165) is 37.8 Å². The van der Waals surface area contributed by atoms with Crippen LogP contribution in [0.25, 0.3) is 16.9 Å². The van der Waals surface area contributed by atoms with Crippen LogP contribution in [0.5, 0.6) is 0 Å². The van der Waals surface area contributed by atoms with Gasteiger partial charge in [0, 0.05) is 17.8 Å². The Hall–Kier alpha value is -4.29. The molecule has 0 spiro atoms. The zero-order valence-corrected chi connectivity index (χ0v) is 21.8. The summed E-state index contributed by atoms with van der Waals surface area (Å²) in [7, 11) is 0. The highest BCUT2D eigenvalue weighted by atomic mass is 16.3. The summed E-state index contributed by atoms with van der Waals surface area (Å²) in [5, 5.41) is 23.7. The lowest BCUT2D eigenvalue weighted by Gasteiger charge is -2.36. The van der Waals surface area contributed by atoms with Gasteiger partial charge in [0.2, 0.25) is 5.95 Å². The number of aromatic nitrogens is 5. The molecule has 2 saturated carbocycles. The summed E-state index contributed by atoms with van der Waals surface area (Å²) >= 11 is 0. The molecular weight excluding hydrogens is 490 g/mol. The lowest BCUT2D eigenvalue weighted by molar-refractivity contribution is -0.0426. The Balaban J connectivity index is 1.32. The molecule has 4 aromatic rings. The first-order valence-corrected chi connectivity index (χ1v) is 13.6. The van der Waals surface area contributed by atoms with Crippen molar-refractivity contribution in [2.45, 2.75) is 63.0 Å². The number of hydrogen-bond donors (Lipinski definition) is 2. The van der Waals surface area contributed by atoms with Gasteiger partial charge in [-0.15, -0.1) is 6.58 Å². The number of nitriles is 1. The minimum absolute atomic E-state index is 0.189. The highest BCUT2D eigenvalue weighted by molar-refractivity contribution is 5.77. The monoisotopic (exact) mass is 521 g/mol. The van der Waals surface area contributed by atoms with Gasteiger partial charge in [-0.25, -0.2) is 19.3 Å². The molecule has 0 aliphatic heterocycles. The third kappa shape index (κ3) is 4.61. The van der Waals surface area contributed by atoms with Crippen LogP contribution in [-0.4, -0.2) is 29.4 Å². The predicted octanol–water partition coefficient (Wildman–Crippen LogP) is 5.08. The largest absolute Gasteiger partial charge is 0.384 e. The number of hydrogen-bond acceptors (Lipinski definition) is 7. The minimum Gasteiger partial charge on any atom is -0.384 e.